The summed E-state index contributed by atoms with van der Waals surface area (Å²) < 4.78 is 10.3. The number of aromatic nitrogens is 2. The predicted octanol–water partition coefficient (Wildman–Crippen LogP) is 4.77. The number of anilines is 1. The van der Waals surface area contributed by atoms with Crippen LogP contribution in [0.5, 0.6) is 5.75 Å². The fraction of sp³-hybridized carbons (Fsp3) is 0.222. The van der Waals surface area contributed by atoms with Gasteiger partial charge in [-0.25, -0.2) is 9.89 Å². The first kappa shape index (κ1) is 21.7. The molecule has 1 aliphatic rings. The number of carbonyl (C=O) groups excluding carboxylic acids is 1. The Hall–Kier alpha value is -4.13. The Labute approximate surface area is 197 Å². The maximum Gasteiger partial charge on any atom is 0.434 e. The van der Waals surface area contributed by atoms with Crippen LogP contribution in [0.3, 0.4) is 0 Å². The Morgan fingerprint density at radius 3 is 2.35 bits per heavy atom. The summed E-state index contributed by atoms with van der Waals surface area (Å²) in [4.78, 5) is 26.4. The third kappa shape index (κ3) is 4.24. The lowest BCUT2D eigenvalue weighted by atomic mass is 9.78. The van der Waals surface area contributed by atoms with Crippen LogP contribution in [0.4, 0.5) is 5.69 Å². The van der Waals surface area contributed by atoms with Gasteiger partial charge in [0.15, 0.2) is 0 Å². The van der Waals surface area contributed by atoms with Crippen LogP contribution in [-0.2, 0) is 11.2 Å². The highest BCUT2D eigenvalue weighted by atomic mass is 16.5. The molecule has 7 nitrogen and oxygen atoms in total. The van der Waals surface area contributed by atoms with Crippen LogP contribution in [0, 0.1) is 5.92 Å². The highest BCUT2D eigenvalue weighted by Gasteiger charge is 2.48. The second kappa shape index (κ2) is 9.39. The summed E-state index contributed by atoms with van der Waals surface area (Å²) in [5.74, 6) is 0.434. The fourth-order valence-electron chi connectivity index (χ4n) is 4.59. The van der Waals surface area contributed by atoms with Crippen molar-refractivity contribution in [1.29, 1.82) is 0 Å². The molecule has 2 unspecified atom stereocenters. The van der Waals surface area contributed by atoms with E-state index in [0.717, 1.165) is 36.3 Å². The molecule has 34 heavy (non-hydrogen) atoms. The van der Waals surface area contributed by atoms with Crippen LogP contribution in [0.2, 0.25) is 0 Å². The van der Waals surface area contributed by atoms with Crippen molar-refractivity contribution in [2.24, 2.45) is 5.92 Å². The number of carbonyl (C=O) groups is 1. The van der Waals surface area contributed by atoms with E-state index < -0.39 is 5.76 Å². The molecular weight excluding hydrogens is 430 g/mol. The Bertz CT molecular complexity index is 1310. The van der Waals surface area contributed by atoms with Crippen LogP contribution in [0.25, 0.3) is 11.5 Å². The maximum atomic E-state index is 13.3. The van der Waals surface area contributed by atoms with Gasteiger partial charge in [-0.05, 0) is 66.8 Å². The number of ether oxygens (including phenoxy) is 1. The molecular formula is C27H25N3O4. The number of rotatable bonds is 8. The van der Waals surface area contributed by atoms with E-state index in [-0.39, 0.29) is 23.8 Å². The number of benzene rings is 3. The smallest absolute Gasteiger partial charge is 0.434 e. The van der Waals surface area contributed by atoms with E-state index >= 15 is 0 Å². The van der Waals surface area contributed by atoms with Crippen molar-refractivity contribution in [3.05, 3.63) is 101 Å². The fourth-order valence-corrected chi connectivity index (χ4v) is 4.59. The van der Waals surface area contributed by atoms with Crippen molar-refractivity contribution < 1.29 is 13.9 Å². The number of β-lactam (4-membered cyclic amide) rings is 1. The van der Waals surface area contributed by atoms with Gasteiger partial charge in [-0.15, -0.1) is 5.10 Å². The molecule has 5 rings (SSSR count). The normalized spacial score (nSPS) is 17.4. The average Bonchev–Trinajstić information content (AvgIpc) is 3.32. The van der Waals surface area contributed by atoms with E-state index in [2.05, 4.69) is 22.3 Å². The molecule has 3 aromatic carbocycles. The van der Waals surface area contributed by atoms with Gasteiger partial charge >= 0.3 is 5.76 Å². The van der Waals surface area contributed by atoms with Crippen LogP contribution in [0.15, 0.2) is 88.1 Å². The number of aromatic amines is 1. The number of hydrogen-bond acceptors (Lipinski definition) is 5. The molecule has 1 N–H and O–H groups in total. The van der Waals surface area contributed by atoms with E-state index in [1.807, 2.05) is 71.6 Å². The van der Waals surface area contributed by atoms with Gasteiger partial charge in [0.25, 0.3) is 0 Å². The number of amides is 1. The lowest BCUT2D eigenvalue weighted by Gasteiger charge is -2.47. The summed E-state index contributed by atoms with van der Waals surface area (Å²) in [6.07, 6.45) is 2.68. The van der Waals surface area contributed by atoms with Crippen LogP contribution in [-0.4, -0.2) is 23.2 Å². The number of nitrogens with one attached hydrogen (secondary N) is 1. The molecule has 1 fully saturated rings. The molecule has 0 saturated carbocycles. The second-order valence-electron chi connectivity index (χ2n) is 8.38. The molecule has 0 radical (unpaired) electrons. The average molecular weight is 456 g/mol. The third-order valence-electron chi connectivity index (χ3n) is 6.33. The van der Waals surface area contributed by atoms with Crippen molar-refractivity contribution in [3.63, 3.8) is 0 Å². The van der Waals surface area contributed by atoms with Crippen molar-refractivity contribution in [2.45, 2.75) is 25.3 Å². The van der Waals surface area contributed by atoms with Crippen LogP contribution in [0.1, 0.15) is 30.0 Å². The van der Waals surface area contributed by atoms with Gasteiger partial charge in [0, 0.05) is 11.3 Å². The molecule has 4 aromatic rings. The molecule has 2 heterocycles. The molecule has 7 heteroatoms. The minimum absolute atomic E-state index is 0.0723. The SMILES string of the molecule is COc1ccc(N2C(=O)C(CCCc3ccccc3)C2c2ccc(-c3n[nH]c(=O)o3)cc2)cc1. The highest BCUT2D eigenvalue weighted by Crippen LogP contribution is 2.46. The maximum absolute atomic E-state index is 13.3. The quantitative estimate of drug-likeness (QED) is 0.387. The first-order valence-corrected chi connectivity index (χ1v) is 11.3. The minimum atomic E-state index is -0.590. The molecule has 1 aliphatic heterocycles. The van der Waals surface area contributed by atoms with Gasteiger partial charge in [0.05, 0.1) is 19.1 Å². The lowest BCUT2D eigenvalue weighted by Crippen LogP contribution is -2.55. The van der Waals surface area contributed by atoms with Gasteiger partial charge < -0.3 is 14.1 Å². The predicted molar refractivity (Wildman–Crippen MR) is 129 cm³/mol. The van der Waals surface area contributed by atoms with Gasteiger partial charge in [-0.1, -0.05) is 42.5 Å². The van der Waals surface area contributed by atoms with Gasteiger partial charge in [0.2, 0.25) is 11.8 Å². The van der Waals surface area contributed by atoms with Crippen LogP contribution >= 0.6 is 0 Å². The van der Waals surface area contributed by atoms with E-state index in [1.165, 1.54) is 5.56 Å². The van der Waals surface area contributed by atoms with Crippen molar-refractivity contribution in [2.75, 3.05) is 12.0 Å². The summed E-state index contributed by atoms with van der Waals surface area (Å²) >= 11 is 0. The standard InChI is InChI=1S/C27H25N3O4/c1-33-22-16-14-21(15-17-22)30-24(19-10-12-20(13-11-19)25-28-29-27(32)34-25)23(26(30)31)9-5-8-18-6-3-2-4-7-18/h2-4,6-7,10-17,23-24H,5,8-9H2,1H3,(H,29,32). The molecule has 2 atom stereocenters. The van der Waals surface area contributed by atoms with Crippen molar-refractivity contribution in [3.8, 4) is 17.2 Å². The summed E-state index contributed by atoms with van der Waals surface area (Å²) in [6, 6.07) is 25.5. The van der Waals surface area contributed by atoms with E-state index in [0.29, 0.717) is 5.56 Å². The van der Waals surface area contributed by atoms with E-state index in [1.54, 1.807) is 7.11 Å². The first-order valence-electron chi connectivity index (χ1n) is 11.3. The second-order valence-corrected chi connectivity index (χ2v) is 8.38. The topological polar surface area (TPSA) is 88.4 Å². The van der Waals surface area contributed by atoms with Gasteiger partial charge in [0.1, 0.15) is 5.75 Å². The number of aryl methyl sites for hydroxylation is 1. The molecule has 0 spiro atoms. The molecule has 1 amide bonds. The van der Waals surface area contributed by atoms with E-state index in [4.69, 9.17) is 9.15 Å². The molecule has 0 bridgehead atoms. The number of H-pyrrole nitrogens is 1. The molecule has 1 saturated heterocycles. The monoisotopic (exact) mass is 455 g/mol. The van der Waals surface area contributed by atoms with E-state index in [9.17, 15) is 9.59 Å². The number of hydrogen-bond donors (Lipinski definition) is 1. The zero-order chi connectivity index (χ0) is 23.5. The van der Waals surface area contributed by atoms with Crippen molar-refractivity contribution in [1.82, 2.24) is 10.2 Å². The van der Waals surface area contributed by atoms with Gasteiger partial charge in [-0.3, -0.25) is 4.79 Å². The third-order valence-corrected chi connectivity index (χ3v) is 6.33. The molecule has 172 valence electrons. The summed E-state index contributed by atoms with van der Waals surface area (Å²) in [6.45, 7) is 0. The highest BCUT2D eigenvalue weighted by molar-refractivity contribution is 6.03. The van der Waals surface area contributed by atoms with Crippen LogP contribution < -0.4 is 15.4 Å². The largest absolute Gasteiger partial charge is 0.497 e. The first-order chi connectivity index (χ1) is 16.6. The molecule has 1 aromatic heterocycles. The van der Waals surface area contributed by atoms with Gasteiger partial charge in [-0.2, -0.15) is 0 Å². The zero-order valence-corrected chi connectivity index (χ0v) is 18.8. The summed E-state index contributed by atoms with van der Waals surface area (Å²) in [5, 5.41) is 6.17. The Morgan fingerprint density at radius 2 is 1.71 bits per heavy atom. The Kier molecular flexibility index (Phi) is 5.99. The summed E-state index contributed by atoms with van der Waals surface area (Å²) in [7, 11) is 1.62. The Morgan fingerprint density at radius 1 is 0.971 bits per heavy atom. The van der Waals surface area contributed by atoms with Crippen molar-refractivity contribution >= 4 is 11.6 Å². The zero-order valence-electron chi connectivity index (χ0n) is 18.8. The number of methoxy groups -OCH3 is 1. The molecule has 0 aliphatic carbocycles. The summed E-state index contributed by atoms with van der Waals surface area (Å²) in [5.41, 5.74) is 3.85. The minimum Gasteiger partial charge on any atom is -0.497 e. The Balaban J connectivity index is 1.39. The lowest BCUT2D eigenvalue weighted by molar-refractivity contribution is -0.130. The number of nitrogens with zero attached hydrogens (tertiary/aromatic N) is 2.